The predicted octanol–water partition coefficient (Wildman–Crippen LogP) is 1.33. The molecule has 4 heterocycles. The zero-order valence-electron chi connectivity index (χ0n) is 11.6. The molecule has 4 aromatic rings. The molecule has 0 aliphatic carbocycles. The van der Waals surface area contributed by atoms with E-state index in [1.165, 1.54) is 12.6 Å². The van der Waals surface area contributed by atoms with E-state index >= 15 is 0 Å². The molecule has 4 rings (SSSR count). The van der Waals surface area contributed by atoms with Crippen LogP contribution in [0.15, 0.2) is 57.1 Å². The number of fused-ring (bicyclic) bond motifs is 1. The predicted molar refractivity (Wildman–Crippen MR) is 81.7 cm³/mol. The molecule has 0 radical (unpaired) electrons. The number of aromatic amines is 2. The fourth-order valence-electron chi connectivity index (χ4n) is 2.34. The molecule has 8 nitrogen and oxygen atoms in total. The molecule has 0 amide bonds. The van der Waals surface area contributed by atoms with Gasteiger partial charge in [0.1, 0.15) is 17.7 Å². The van der Waals surface area contributed by atoms with Crippen LogP contribution in [0.5, 0.6) is 0 Å². The molecule has 4 aromatic heterocycles. The summed E-state index contributed by atoms with van der Waals surface area (Å²) in [6.07, 6.45) is 4.52. The average Bonchev–Trinajstić information content (AvgIpc) is 3.09. The Balaban J connectivity index is 2.12. The van der Waals surface area contributed by atoms with Gasteiger partial charge >= 0.3 is 5.69 Å². The maximum absolute atomic E-state index is 12.0. The monoisotopic (exact) mass is 307 g/mol. The van der Waals surface area contributed by atoms with E-state index in [-0.39, 0.29) is 11.0 Å². The number of aromatic nitrogens is 5. The summed E-state index contributed by atoms with van der Waals surface area (Å²) in [6, 6.07) is 6.79. The van der Waals surface area contributed by atoms with Crippen molar-refractivity contribution in [3.63, 3.8) is 0 Å². The smallest absolute Gasteiger partial charge is 0.327 e. The van der Waals surface area contributed by atoms with Crippen LogP contribution in [0.4, 0.5) is 0 Å². The van der Waals surface area contributed by atoms with Crippen molar-refractivity contribution in [2.24, 2.45) is 0 Å². The summed E-state index contributed by atoms with van der Waals surface area (Å²) in [6.45, 7) is 0. The molecule has 2 N–H and O–H groups in total. The minimum absolute atomic E-state index is 0.183. The van der Waals surface area contributed by atoms with Gasteiger partial charge in [0, 0.05) is 11.8 Å². The number of hydrogen-bond acceptors (Lipinski definition) is 6. The fraction of sp³-hybridized carbons (Fsp3) is 0. The van der Waals surface area contributed by atoms with Crippen molar-refractivity contribution in [3.8, 4) is 22.7 Å². The maximum Gasteiger partial charge on any atom is 0.327 e. The molecule has 0 aliphatic heterocycles. The van der Waals surface area contributed by atoms with E-state index in [0.29, 0.717) is 22.7 Å². The average molecular weight is 307 g/mol. The van der Waals surface area contributed by atoms with Gasteiger partial charge in [-0.2, -0.15) is 0 Å². The van der Waals surface area contributed by atoms with Crippen LogP contribution in [0, 0.1) is 0 Å². The highest BCUT2D eigenvalue weighted by Crippen LogP contribution is 2.30. The fourth-order valence-corrected chi connectivity index (χ4v) is 2.34. The van der Waals surface area contributed by atoms with Crippen LogP contribution in [0.3, 0.4) is 0 Å². The third-order valence-electron chi connectivity index (χ3n) is 3.34. The highest BCUT2D eigenvalue weighted by Gasteiger charge is 2.16. The lowest BCUT2D eigenvalue weighted by molar-refractivity contribution is 0.580. The first-order valence-electron chi connectivity index (χ1n) is 6.70. The number of nitrogens with zero attached hydrogens (tertiary/aromatic N) is 3. The van der Waals surface area contributed by atoms with E-state index in [0.717, 1.165) is 0 Å². The van der Waals surface area contributed by atoms with E-state index in [2.05, 4.69) is 24.9 Å². The molecular weight excluding hydrogens is 298 g/mol. The topological polar surface area (TPSA) is 118 Å². The largest absolute Gasteiger partial charge is 0.463 e. The standard InChI is InChI=1S/C15H9N5O3/c21-14-9-6-8(10-3-4-16-7-17-10)12(11-2-1-5-23-11)18-13(9)19-15(22)20-14/h1-7H,(H2,18,19,20,21,22). The first-order chi connectivity index (χ1) is 11.2. The molecule has 0 saturated heterocycles. The molecule has 23 heavy (non-hydrogen) atoms. The summed E-state index contributed by atoms with van der Waals surface area (Å²) in [5.41, 5.74) is 0.719. The molecule has 112 valence electrons. The second-order valence-electron chi connectivity index (χ2n) is 4.76. The molecule has 0 unspecified atom stereocenters. The molecular formula is C15H9N5O3. The third kappa shape index (κ3) is 2.22. The Hall–Kier alpha value is -3.55. The van der Waals surface area contributed by atoms with Gasteiger partial charge < -0.3 is 4.42 Å². The van der Waals surface area contributed by atoms with Gasteiger partial charge in [-0.1, -0.05) is 0 Å². The minimum atomic E-state index is -0.616. The Bertz CT molecular complexity index is 1100. The molecule has 0 aliphatic rings. The van der Waals surface area contributed by atoms with Crippen molar-refractivity contribution in [1.82, 2.24) is 24.9 Å². The lowest BCUT2D eigenvalue weighted by atomic mass is 10.1. The second-order valence-corrected chi connectivity index (χ2v) is 4.76. The lowest BCUT2D eigenvalue weighted by Crippen LogP contribution is -2.22. The summed E-state index contributed by atoms with van der Waals surface area (Å²) in [7, 11) is 0. The molecule has 0 saturated carbocycles. The Kier molecular flexibility index (Phi) is 2.87. The van der Waals surface area contributed by atoms with Gasteiger partial charge in [0.25, 0.3) is 5.56 Å². The minimum Gasteiger partial charge on any atom is -0.463 e. The highest BCUT2D eigenvalue weighted by molar-refractivity contribution is 5.87. The summed E-state index contributed by atoms with van der Waals surface area (Å²) in [5.74, 6) is 0.502. The molecule has 0 bridgehead atoms. The Morgan fingerprint density at radius 2 is 2.04 bits per heavy atom. The quantitative estimate of drug-likeness (QED) is 0.577. The van der Waals surface area contributed by atoms with Gasteiger partial charge in [0.15, 0.2) is 5.76 Å². The van der Waals surface area contributed by atoms with E-state index < -0.39 is 11.2 Å². The Morgan fingerprint density at radius 1 is 1.13 bits per heavy atom. The van der Waals surface area contributed by atoms with Crippen LogP contribution in [-0.4, -0.2) is 24.9 Å². The molecule has 0 fully saturated rings. The number of furan rings is 1. The molecule has 0 spiro atoms. The SMILES string of the molecule is O=c1[nH]c(=O)c2cc(-c3ccncn3)c(-c3ccco3)nc2[nH]1. The molecule has 0 atom stereocenters. The Morgan fingerprint density at radius 3 is 2.78 bits per heavy atom. The summed E-state index contributed by atoms with van der Waals surface area (Å²) in [4.78, 5) is 40.6. The first kappa shape index (κ1) is 13.1. The molecule has 8 heteroatoms. The van der Waals surface area contributed by atoms with Crippen LogP contribution in [0.2, 0.25) is 0 Å². The van der Waals surface area contributed by atoms with Gasteiger partial charge in [-0.15, -0.1) is 0 Å². The van der Waals surface area contributed by atoms with Gasteiger partial charge in [-0.3, -0.25) is 14.8 Å². The number of hydrogen-bond donors (Lipinski definition) is 2. The number of rotatable bonds is 2. The highest BCUT2D eigenvalue weighted by atomic mass is 16.3. The van der Waals surface area contributed by atoms with Gasteiger partial charge in [-0.05, 0) is 24.3 Å². The summed E-state index contributed by atoms with van der Waals surface area (Å²) >= 11 is 0. The van der Waals surface area contributed by atoms with Gasteiger partial charge in [-0.25, -0.2) is 19.7 Å². The van der Waals surface area contributed by atoms with E-state index in [1.807, 2.05) is 0 Å². The van der Waals surface area contributed by atoms with Crippen molar-refractivity contribution in [2.45, 2.75) is 0 Å². The van der Waals surface area contributed by atoms with Crippen LogP contribution < -0.4 is 11.2 Å². The number of nitrogens with one attached hydrogen (secondary N) is 2. The van der Waals surface area contributed by atoms with Crippen LogP contribution in [0.25, 0.3) is 33.7 Å². The summed E-state index contributed by atoms with van der Waals surface area (Å²) < 4.78 is 5.41. The summed E-state index contributed by atoms with van der Waals surface area (Å²) in [5, 5.41) is 0.258. The number of H-pyrrole nitrogens is 2. The van der Waals surface area contributed by atoms with Crippen molar-refractivity contribution in [3.05, 3.63) is 63.9 Å². The van der Waals surface area contributed by atoms with Crippen molar-refractivity contribution >= 4 is 11.0 Å². The molecule has 0 aromatic carbocycles. The van der Waals surface area contributed by atoms with E-state index in [4.69, 9.17) is 4.42 Å². The van der Waals surface area contributed by atoms with Crippen molar-refractivity contribution in [1.29, 1.82) is 0 Å². The van der Waals surface area contributed by atoms with Crippen molar-refractivity contribution in [2.75, 3.05) is 0 Å². The van der Waals surface area contributed by atoms with Crippen LogP contribution in [0.1, 0.15) is 0 Å². The van der Waals surface area contributed by atoms with Gasteiger partial charge in [0.2, 0.25) is 0 Å². The van der Waals surface area contributed by atoms with Crippen molar-refractivity contribution < 1.29 is 4.42 Å². The zero-order chi connectivity index (χ0) is 15.8. The van der Waals surface area contributed by atoms with E-state index in [9.17, 15) is 9.59 Å². The van der Waals surface area contributed by atoms with Crippen LogP contribution in [-0.2, 0) is 0 Å². The maximum atomic E-state index is 12.0. The van der Waals surface area contributed by atoms with Gasteiger partial charge in [0.05, 0.1) is 17.3 Å². The lowest BCUT2D eigenvalue weighted by Gasteiger charge is -2.07. The Labute approximate surface area is 127 Å². The third-order valence-corrected chi connectivity index (χ3v) is 3.34. The normalized spacial score (nSPS) is 11.0. The zero-order valence-corrected chi connectivity index (χ0v) is 11.6. The number of pyridine rings is 1. The van der Waals surface area contributed by atoms with E-state index in [1.54, 1.807) is 30.5 Å². The van der Waals surface area contributed by atoms with Crippen LogP contribution >= 0.6 is 0 Å². The first-order valence-corrected chi connectivity index (χ1v) is 6.70. The second kappa shape index (κ2) is 5.02.